The first-order chi connectivity index (χ1) is 23.1. The van der Waals surface area contributed by atoms with Crippen LogP contribution in [0, 0.1) is 0 Å². The Morgan fingerprint density at radius 1 is 0.426 bits per heavy atom. The molecule has 0 bridgehead atoms. The third-order valence-corrected chi connectivity index (χ3v) is 10.3. The zero-order valence-electron chi connectivity index (χ0n) is 26.3. The molecule has 0 amide bonds. The van der Waals surface area contributed by atoms with Crippen LogP contribution in [0.3, 0.4) is 0 Å². The second-order valence-corrected chi connectivity index (χ2v) is 13.3. The van der Waals surface area contributed by atoms with E-state index in [2.05, 4.69) is 158 Å². The van der Waals surface area contributed by atoms with Crippen LogP contribution in [0.1, 0.15) is 25.0 Å². The van der Waals surface area contributed by atoms with Gasteiger partial charge in [0.2, 0.25) is 0 Å². The SMILES string of the molecule is CC1(C)c2c(ccc3cc(N(c4ccccc4)c4ccc5oc6ccccc6c5c4)ccc23)-c2c1c1ccccc1c1ccccc21. The summed E-state index contributed by atoms with van der Waals surface area (Å²) < 4.78 is 6.18. The minimum atomic E-state index is -0.165. The molecule has 47 heavy (non-hydrogen) atoms. The number of hydrogen-bond donors (Lipinski definition) is 0. The van der Waals surface area contributed by atoms with Crippen LogP contribution < -0.4 is 4.90 Å². The van der Waals surface area contributed by atoms with Crippen molar-refractivity contribution in [2.24, 2.45) is 0 Å². The molecule has 0 fully saturated rings. The van der Waals surface area contributed by atoms with Gasteiger partial charge >= 0.3 is 0 Å². The third kappa shape index (κ3) is 3.67. The van der Waals surface area contributed by atoms with Gasteiger partial charge in [-0.25, -0.2) is 0 Å². The van der Waals surface area contributed by atoms with E-state index in [9.17, 15) is 0 Å². The summed E-state index contributed by atoms with van der Waals surface area (Å²) in [6.07, 6.45) is 0. The molecule has 1 aliphatic carbocycles. The first-order valence-electron chi connectivity index (χ1n) is 16.4. The number of nitrogens with zero attached hydrogens (tertiary/aromatic N) is 1. The molecule has 8 aromatic carbocycles. The molecule has 0 unspecified atom stereocenters. The fraction of sp³-hybridized carbons (Fsp3) is 0.0667. The Balaban J connectivity index is 1.20. The van der Waals surface area contributed by atoms with Gasteiger partial charge in [0.1, 0.15) is 11.2 Å². The number of para-hydroxylation sites is 2. The molecule has 1 heterocycles. The van der Waals surface area contributed by atoms with Crippen molar-refractivity contribution in [3.05, 3.63) is 163 Å². The highest BCUT2D eigenvalue weighted by Gasteiger charge is 2.39. The fourth-order valence-corrected chi connectivity index (χ4v) is 8.41. The highest BCUT2D eigenvalue weighted by atomic mass is 16.3. The summed E-state index contributed by atoms with van der Waals surface area (Å²) in [5.74, 6) is 0. The highest BCUT2D eigenvalue weighted by molar-refractivity contribution is 6.19. The average molecular weight is 602 g/mol. The van der Waals surface area contributed by atoms with Crippen molar-refractivity contribution in [1.82, 2.24) is 0 Å². The van der Waals surface area contributed by atoms with Gasteiger partial charge in [-0.2, -0.15) is 0 Å². The van der Waals surface area contributed by atoms with Crippen LogP contribution in [0.2, 0.25) is 0 Å². The van der Waals surface area contributed by atoms with E-state index in [0.29, 0.717) is 0 Å². The molecule has 222 valence electrons. The van der Waals surface area contributed by atoms with Crippen molar-refractivity contribution in [2.45, 2.75) is 19.3 Å². The number of fused-ring (bicyclic) bond motifs is 13. The summed E-state index contributed by atoms with van der Waals surface area (Å²) in [6.45, 7) is 4.82. The van der Waals surface area contributed by atoms with E-state index in [-0.39, 0.29) is 5.41 Å². The van der Waals surface area contributed by atoms with Gasteiger partial charge < -0.3 is 9.32 Å². The highest BCUT2D eigenvalue weighted by Crippen LogP contribution is 2.56. The lowest BCUT2D eigenvalue weighted by Gasteiger charge is -2.27. The number of benzene rings is 8. The van der Waals surface area contributed by atoms with Gasteiger partial charge in [-0.3, -0.25) is 0 Å². The van der Waals surface area contributed by atoms with Gasteiger partial charge in [0.05, 0.1) is 0 Å². The van der Waals surface area contributed by atoms with Gasteiger partial charge in [-0.05, 0) is 103 Å². The van der Waals surface area contributed by atoms with Crippen LogP contribution in [0.15, 0.2) is 156 Å². The molecule has 1 aromatic heterocycles. The Bertz CT molecular complexity index is 2720. The van der Waals surface area contributed by atoms with Crippen molar-refractivity contribution in [2.75, 3.05) is 4.90 Å². The molecule has 0 saturated heterocycles. The van der Waals surface area contributed by atoms with Crippen molar-refractivity contribution in [3.63, 3.8) is 0 Å². The van der Waals surface area contributed by atoms with Gasteiger partial charge in [0.25, 0.3) is 0 Å². The van der Waals surface area contributed by atoms with E-state index in [1.54, 1.807) is 0 Å². The maximum atomic E-state index is 6.18. The summed E-state index contributed by atoms with van der Waals surface area (Å²) in [7, 11) is 0. The van der Waals surface area contributed by atoms with Gasteiger partial charge in [-0.15, -0.1) is 0 Å². The Morgan fingerprint density at radius 3 is 1.85 bits per heavy atom. The van der Waals surface area contributed by atoms with E-state index in [4.69, 9.17) is 4.42 Å². The first-order valence-corrected chi connectivity index (χ1v) is 16.4. The number of hydrogen-bond acceptors (Lipinski definition) is 2. The summed E-state index contributed by atoms with van der Waals surface area (Å²) >= 11 is 0. The van der Waals surface area contributed by atoms with Crippen molar-refractivity contribution < 1.29 is 4.42 Å². The second kappa shape index (κ2) is 9.57. The molecule has 0 radical (unpaired) electrons. The Hall–Kier alpha value is -5.86. The van der Waals surface area contributed by atoms with Crippen molar-refractivity contribution >= 4 is 71.3 Å². The lowest BCUT2D eigenvalue weighted by molar-refractivity contribution is 0.669. The lowest BCUT2D eigenvalue weighted by atomic mass is 9.78. The summed E-state index contributed by atoms with van der Waals surface area (Å²) in [4.78, 5) is 2.36. The summed E-state index contributed by atoms with van der Waals surface area (Å²) in [5.41, 5.74) is 10.6. The third-order valence-electron chi connectivity index (χ3n) is 10.3. The van der Waals surface area contributed by atoms with Crippen LogP contribution in [-0.2, 0) is 5.41 Å². The minimum absolute atomic E-state index is 0.165. The van der Waals surface area contributed by atoms with E-state index < -0.39 is 0 Å². The van der Waals surface area contributed by atoms with Gasteiger partial charge in [0, 0.05) is 33.2 Å². The zero-order chi connectivity index (χ0) is 31.3. The molecule has 2 heteroatoms. The van der Waals surface area contributed by atoms with Crippen LogP contribution in [0.4, 0.5) is 17.1 Å². The molecular weight excluding hydrogens is 571 g/mol. The largest absolute Gasteiger partial charge is 0.456 e. The molecule has 0 N–H and O–H groups in total. The maximum absolute atomic E-state index is 6.18. The summed E-state index contributed by atoms with van der Waals surface area (Å²) in [5, 5.41) is 10.1. The topological polar surface area (TPSA) is 16.4 Å². The van der Waals surface area contributed by atoms with Gasteiger partial charge in [0.15, 0.2) is 0 Å². The molecular formula is C45H31NO. The predicted octanol–water partition coefficient (Wildman–Crippen LogP) is 12.8. The van der Waals surface area contributed by atoms with Crippen LogP contribution in [0.5, 0.6) is 0 Å². The van der Waals surface area contributed by atoms with E-state index in [0.717, 1.165) is 39.0 Å². The Kier molecular flexibility index (Phi) is 5.37. The Labute approximate surface area is 273 Å². The monoisotopic (exact) mass is 601 g/mol. The minimum Gasteiger partial charge on any atom is -0.456 e. The van der Waals surface area contributed by atoms with Crippen molar-refractivity contribution in [1.29, 1.82) is 0 Å². The number of rotatable bonds is 3. The fourth-order valence-electron chi connectivity index (χ4n) is 8.41. The molecule has 0 atom stereocenters. The molecule has 10 rings (SSSR count). The number of anilines is 3. The quantitative estimate of drug-likeness (QED) is 0.187. The second-order valence-electron chi connectivity index (χ2n) is 13.3. The maximum Gasteiger partial charge on any atom is 0.135 e. The molecule has 9 aromatic rings. The average Bonchev–Trinajstić information content (AvgIpc) is 3.61. The lowest BCUT2D eigenvalue weighted by Crippen LogP contribution is -2.16. The van der Waals surface area contributed by atoms with E-state index in [1.807, 2.05) is 12.1 Å². The standard InChI is InChI=1S/C45H31NO/c1-45(2)43-32-24-21-30(46(29-12-4-3-5-13-29)31-22-25-41-39(27-31)35-16-10-11-19-40(35)47-41)26-28(32)20-23-38(43)42-36-17-8-6-14-33(36)34-15-7-9-18-37(34)44(42)45/h3-27H,1-2H3. The van der Waals surface area contributed by atoms with Crippen molar-refractivity contribution in [3.8, 4) is 11.1 Å². The molecule has 0 spiro atoms. The van der Waals surface area contributed by atoms with Crippen LogP contribution >= 0.6 is 0 Å². The molecule has 2 nitrogen and oxygen atoms in total. The van der Waals surface area contributed by atoms with E-state index >= 15 is 0 Å². The van der Waals surface area contributed by atoms with Crippen LogP contribution in [0.25, 0.3) is 65.4 Å². The molecule has 0 aliphatic heterocycles. The molecule has 0 saturated carbocycles. The number of furan rings is 1. The first kappa shape index (κ1) is 26.4. The normalized spacial score (nSPS) is 13.5. The zero-order valence-corrected chi connectivity index (χ0v) is 26.3. The molecule has 1 aliphatic rings. The summed E-state index contributed by atoms with van der Waals surface area (Å²) in [6, 6.07) is 55.0. The smallest absolute Gasteiger partial charge is 0.135 e. The van der Waals surface area contributed by atoms with Gasteiger partial charge in [-0.1, -0.05) is 117 Å². The Morgan fingerprint density at radius 2 is 1.04 bits per heavy atom. The van der Waals surface area contributed by atoms with Crippen LogP contribution in [-0.4, -0.2) is 0 Å². The van der Waals surface area contributed by atoms with E-state index in [1.165, 1.54) is 54.6 Å². The predicted molar refractivity (Wildman–Crippen MR) is 198 cm³/mol.